The van der Waals surface area contributed by atoms with Crippen LogP contribution in [0, 0.1) is 0 Å². The van der Waals surface area contributed by atoms with Gasteiger partial charge in [0, 0.05) is 32.2 Å². The predicted octanol–water partition coefficient (Wildman–Crippen LogP) is 4.91. The number of phenolic OH excluding ortho intramolecular Hbond substituents is 1. The van der Waals surface area contributed by atoms with Crippen LogP contribution in [0.25, 0.3) is 0 Å². The number of hydrogen-bond donors (Lipinski definition) is 1. The number of rotatable bonds is 5. The number of methoxy groups -OCH3 is 1. The van der Waals surface area contributed by atoms with Gasteiger partial charge in [-0.15, -0.1) is 0 Å². The molecule has 0 aromatic heterocycles. The third-order valence-corrected chi connectivity index (χ3v) is 8.59. The molecule has 1 saturated carbocycles. The van der Waals surface area contributed by atoms with Gasteiger partial charge in [0.25, 0.3) is 0 Å². The number of hydrogen-bond acceptors (Lipinski definition) is 4. The minimum atomic E-state index is -0.363. The quantitative estimate of drug-likeness (QED) is 0.646. The van der Waals surface area contributed by atoms with E-state index in [2.05, 4.69) is 18.0 Å². The predicted molar refractivity (Wildman–Crippen MR) is 132 cm³/mol. The van der Waals surface area contributed by atoms with Crippen molar-refractivity contribution in [3.8, 4) is 5.75 Å². The monoisotopic (exact) mass is 490 g/mol. The molecule has 0 radical (unpaired) electrons. The number of amides is 1. The Labute approximate surface area is 206 Å². The molecule has 33 heavy (non-hydrogen) atoms. The summed E-state index contributed by atoms with van der Waals surface area (Å²) in [6, 6.07) is 13.0. The molecule has 1 aliphatic heterocycles. The molecule has 5 nitrogen and oxygen atoms in total. The molecular formula is C26H32Cl2N2O3. The maximum absolute atomic E-state index is 13.2. The summed E-state index contributed by atoms with van der Waals surface area (Å²) in [5.41, 5.74) is 1.30. The Hall–Kier alpha value is -1.79. The summed E-state index contributed by atoms with van der Waals surface area (Å²) in [4.78, 5) is 17.5. The molecule has 2 aliphatic rings. The highest BCUT2D eigenvalue weighted by molar-refractivity contribution is 6.42. The van der Waals surface area contributed by atoms with E-state index >= 15 is 0 Å². The summed E-state index contributed by atoms with van der Waals surface area (Å²) in [6.07, 6.45) is 3.69. The van der Waals surface area contributed by atoms with Crippen LogP contribution in [0.2, 0.25) is 10.0 Å². The molecule has 3 atom stereocenters. The topological polar surface area (TPSA) is 53.0 Å². The highest BCUT2D eigenvalue weighted by Gasteiger charge is 2.59. The van der Waals surface area contributed by atoms with E-state index in [9.17, 15) is 9.90 Å². The molecule has 1 amide bonds. The van der Waals surface area contributed by atoms with Gasteiger partial charge in [0.1, 0.15) is 5.75 Å². The van der Waals surface area contributed by atoms with E-state index in [0.29, 0.717) is 10.0 Å². The third kappa shape index (κ3) is 4.49. The van der Waals surface area contributed by atoms with Crippen molar-refractivity contribution in [1.29, 1.82) is 0 Å². The number of phenols is 1. The fourth-order valence-electron chi connectivity index (χ4n) is 5.96. The molecule has 4 rings (SSSR count). The fourth-order valence-corrected chi connectivity index (χ4v) is 6.28. The Balaban J connectivity index is 1.62. The largest absolute Gasteiger partial charge is 0.508 e. The van der Waals surface area contributed by atoms with Crippen LogP contribution in [-0.2, 0) is 21.4 Å². The standard InChI is InChI=1S/C26H32Cl2N2O3/c1-29-12-11-25(19-5-4-6-21(31)15-19)16-20(9-10-26(25,17-29)33-3)30(2)24(32)14-18-7-8-22(27)23(28)13-18/h4-8,13,15,20,31H,9-12,14,16-17H2,1-3H3/t20-,25+,26+/m1/s1. The number of likely N-dealkylation sites (N-methyl/N-ethyl adjacent to an activating group) is 2. The van der Waals surface area contributed by atoms with Crippen molar-refractivity contribution in [2.24, 2.45) is 0 Å². The number of benzene rings is 2. The van der Waals surface area contributed by atoms with Crippen LogP contribution in [0.5, 0.6) is 5.75 Å². The van der Waals surface area contributed by atoms with Gasteiger partial charge in [0.2, 0.25) is 5.91 Å². The third-order valence-electron chi connectivity index (χ3n) is 7.85. The Bertz CT molecular complexity index is 1030. The van der Waals surface area contributed by atoms with Crippen molar-refractivity contribution in [1.82, 2.24) is 9.80 Å². The zero-order valence-corrected chi connectivity index (χ0v) is 21.0. The lowest BCUT2D eigenvalue weighted by Crippen LogP contribution is -2.67. The van der Waals surface area contributed by atoms with Crippen molar-refractivity contribution >= 4 is 29.1 Å². The van der Waals surface area contributed by atoms with Gasteiger partial charge in [-0.1, -0.05) is 41.4 Å². The van der Waals surface area contributed by atoms with Gasteiger partial charge in [0.05, 0.1) is 22.1 Å². The first kappa shape index (κ1) is 24.3. The molecule has 1 heterocycles. The Morgan fingerprint density at radius 1 is 1.21 bits per heavy atom. The Morgan fingerprint density at radius 2 is 2.00 bits per heavy atom. The molecule has 0 unspecified atom stereocenters. The van der Waals surface area contributed by atoms with Gasteiger partial charge in [0.15, 0.2) is 0 Å². The van der Waals surface area contributed by atoms with Gasteiger partial charge in [-0.25, -0.2) is 0 Å². The molecule has 1 saturated heterocycles. The zero-order chi connectivity index (χ0) is 23.8. The minimum Gasteiger partial charge on any atom is -0.508 e. The van der Waals surface area contributed by atoms with Crippen LogP contribution in [-0.4, -0.2) is 66.8 Å². The minimum absolute atomic E-state index is 0.0577. The van der Waals surface area contributed by atoms with Crippen molar-refractivity contribution in [3.05, 3.63) is 63.6 Å². The van der Waals surface area contributed by atoms with E-state index in [1.165, 1.54) is 0 Å². The number of carbonyl (C=O) groups excluding carboxylic acids is 1. The van der Waals surface area contributed by atoms with Crippen LogP contribution in [0.15, 0.2) is 42.5 Å². The number of aromatic hydroxyl groups is 1. The lowest BCUT2D eigenvalue weighted by molar-refractivity contribution is -0.157. The van der Waals surface area contributed by atoms with Gasteiger partial charge < -0.3 is 19.6 Å². The highest BCUT2D eigenvalue weighted by atomic mass is 35.5. The summed E-state index contributed by atoms with van der Waals surface area (Å²) in [5.74, 6) is 0.319. The zero-order valence-electron chi connectivity index (χ0n) is 19.5. The summed E-state index contributed by atoms with van der Waals surface area (Å²) in [6.45, 7) is 1.77. The lowest BCUT2D eigenvalue weighted by atomic mass is 9.55. The normalized spacial score (nSPS) is 27.7. The van der Waals surface area contributed by atoms with Crippen LogP contribution >= 0.6 is 23.2 Å². The number of nitrogens with zero attached hydrogens (tertiary/aromatic N) is 2. The Kier molecular flexibility index (Phi) is 6.97. The second kappa shape index (κ2) is 9.46. The van der Waals surface area contributed by atoms with Crippen molar-refractivity contribution in [3.63, 3.8) is 0 Å². The van der Waals surface area contributed by atoms with E-state index < -0.39 is 0 Å². The fraction of sp³-hybridized carbons (Fsp3) is 0.500. The molecule has 2 aromatic carbocycles. The van der Waals surface area contributed by atoms with Gasteiger partial charge in [-0.3, -0.25) is 4.79 Å². The number of halogens is 2. The summed E-state index contributed by atoms with van der Waals surface area (Å²) < 4.78 is 6.31. The number of carbonyl (C=O) groups is 1. The van der Waals surface area contributed by atoms with Crippen LogP contribution in [0.1, 0.15) is 36.8 Å². The number of likely N-dealkylation sites (tertiary alicyclic amines) is 1. The summed E-state index contributed by atoms with van der Waals surface area (Å²) in [7, 11) is 5.83. The number of piperidine rings is 1. The van der Waals surface area contributed by atoms with E-state index in [0.717, 1.165) is 49.9 Å². The summed E-state index contributed by atoms with van der Waals surface area (Å²) in [5, 5.41) is 11.2. The van der Waals surface area contributed by atoms with Gasteiger partial charge in [-0.05, 0) is 74.7 Å². The SMILES string of the molecule is CO[C@]12CC[C@@H](N(C)C(=O)Cc3ccc(Cl)c(Cl)c3)C[C@]1(c1cccc(O)c1)CCN(C)C2. The van der Waals surface area contributed by atoms with E-state index in [1.807, 2.05) is 30.1 Å². The molecule has 1 aliphatic carbocycles. The second-order valence-corrected chi connectivity index (χ2v) is 10.5. The maximum Gasteiger partial charge on any atom is 0.226 e. The molecular weight excluding hydrogens is 459 g/mol. The maximum atomic E-state index is 13.2. The Morgan fingerprint density at radius 3 is 2.70 bits per heavy atom. The number of ether oxygens (including phenoxy) is 1. The molecule has 7 heteroatoms. The molecule has 1 N–H and O–H groups in total. The lowest BCUT2D eigenvalue weighted by Gasteiger charge is -2.60. The molecule has 0 spiro atoms. The first-order valence-corrected chi connectivity index (χ1v) is 12.2. The molecule has 0 bridgehead atoms. The van der Waals surface area contributed by atoms with Gasteiger partial charge >= 0.3 is 0 Å². The average molecular weight is 491 g/mol. The van der Waals surface area contributed by atoms with E-state index in [1.54, 1.807) is 25.3 Å². The van der Waals surface area contributed by atoms with Crippen molar-refractivity contribution in [2.45, 2.75) is 49.2 Å². The van der Waals surface area contributed by atoms with E-state index in [-0.39, 0.29) is 35.1 Å². The second-order valence-electron chi connectivity index (χ2n) is 9.65. The molecule has 2 fully saturated rings. The van der Waals surface area contributed by atoms with Crippen molar-refractivity contribution < 1.29 is 14.6 Å². The van der Waals surface area contributed by atoms with Crippen LogP contribution in [0.3, 0.4) is 0 Å². The van der Waals surface area contributed by atoms with E-state index in [4.69, 9.17) is 27.9 Å². The number of fused-ring (bicyclic) bond motifs is 1. The molecule has 178 valence electrons. The highest BCUT2D eigenvalue weighted by Crippen LogP contribution is 2.54. The van der Waals surface area contributed by atoms with Gasteiger partial charge in [-0.2, -0.15) is 0 Å². The summed E-state index contributed by atoms with van der Waals surface area (Å²) >= 11 is 12.2. The average Bonchev–Trinajstić information content (AvgIpc) is 2.80. The first-order chi connectivity index (χ1) is 15.7. The first-order valence-electron chi connectivity index (χ1n) is 11.4. The molecule has 2 aromatic rings. The van der Waals surface area contributed by atoms with Crippen LogP contribution in [0.4, 0.5) is 0 Å². The smallest absolute Gasteiger partial charge is 0.226 e. The van der Waals surface area contributed by atoms with Crippen LogP contribution < -0.4 is 0 Å². The van der Waals surface area contributed by atoms with Crippen molar-refractivity contribution in [2.75, 3.05) is 34.3 Å².